The lowest BCUT2D eigenvalue weighted by Gasteiger charge is -2.17. The van der Waals surface area contributed by atoms with Crippen molar-refractivity contribution >= 4 is 24.5 Å². The first-order valence-corrected chi connectivity index (χ1v) is 6.67. The number of hydrogen-bond acceptors (Lipinski definition) is 4. The third kappa shape index (κ3) is 2.80. The van der Waals surface area contributed by atoms with Crippen LogP contribution in [0.25, 0.3) is 0 Å². The largest absolute Gasteiger partial charge is 0.363 e. The molecule has 0 saturated carbocycles. The summed E-state index contributed by atoms with van der Waals surface area (Å²) in [6, 6.07) is 1.33. The second-order valence-electron chi connectivity index (χ2n) is 2.77. The van der Waals surface area contributed by atoms with Gasteiger partial charge >= 0.3 is 7.60 Å². The molecular weight excluding hydrogens is 256 g/mol. The Hall–Kier alpha value is -0.480. The van der Waals surface area contributed by atoms with Crippen molar-refractivity contribution in [2.24, 2.45) is 0 Å². The Labute approximate surface area is 98.3 Å². The maximum atomic E-state index is 13.1. The number of halogens is 2. The van der Waals surface area contributed by atoms with Crippen LogP contribution in [-0.2, 0) is 13.6 Å². The summed E-state index contributed by atoms with van der Waals surface area (Å²) >= 11 is 5.68. The Morgan fingerprint density at radius 2 is 2.00 bits per heavy atom. The van der Waals surface area contributed by atoms with E-state index in [0.29, 0.717) is 0 Å². The van der Waals surface area contributed by atoms with Gasteiger partial charge in [-0.15, -0.1) is 0 Å². The molecule has 0 unspecified atom stereocenters. The molecule has 0 aromatic carbocycles. The summed E-state index contributed by atoms with van der Waals surface area (Å²) in [5.74, 6) is -0.890. The molecule has 4 nitrogen and oxygen atoms in total. The minimum atomic E-state index is -3.55. The zero-order valence-corrected chi connectivity index (χ0v) is 10.6. The van der Waals surface area contributed by atoms with Crippen molar-refractivity contribution in [1.82, 2.24) is 4.98 Å². The van der Waals surface area contributed by atoms with Gasteiger partial charge in [-0.05, 0) is 19.9 Å². The Balaban J connectivity index is 3.21. The average Bonchev–Trinajstić information content (AvgIpc) is 2.22. The highest BCUT2D eigenvalue weighted by Gasteiger charge is 2.30. The summed E-state index contributed by atoms with van der Waals surface area (Å²) in [6.07, 6.45) is 1.17. The van der Waals surface area contributed by atoms with Gasteiger partial charge < -0.3 is 9.05 Å². The van der Waals surface area contributed by atoms with E-state index in [2.05, 4.69) is 4.98 Å². The first-order valence-electron chi connectivity index (χ1n) is 4.74. The van der Waals surface area contributed by atoms with E-state index in [9.17, 15) is 8.96 Å². The van der Waals surface area contributed by atoms with Crippen molar-refractivity contribution in [3.05, 3.63) is 23.2 Å². The summed E-state index contributed by atoms with van der Waals surface area (Å²) in [7, 11) is -3.55. The summed E-state index contributed by atoms with van der Waals surface area (Å²) in [5.41, 5.74) is 0. The van der Waals surface area contributed by atoms with Crippen LogP contribution in [0.3, 0.4) is 0 Å². The molecule has 0 aliphatic carbocycles. The van der Waals surface area contributed by atoms with E-state index >= 15 is 0 Å². The van der Waals surface area contributed by atoms with Gasteiger partial charge in [0.15, 0.2) is 0 Å². The summed E-state index contributed by atoms with van der Waals surface area (Å²) in [5, 5.41) is -0.321. The van der Waals surface area contributed by atoms with Gasteiger partial charge in [0.05, 0.1) is 18.5 Å². The van der Waals surface area contributed by atoms with Gasteiger partial charge in [-0.25, -0.2) is 4.98 Å². The minimum Gasteiger partial charge on any atom is -0.305 e. The monoisotopic (exact) mass is 267 g/mol. The van der Waals surface area contributed by atoms with Gasteiger partial charge in [-0.1, -0.05) is 11.6 Å². The van der Waals surface area contributed by atoms with Crippen molar-refractivity contribution in [1.29, 1.82) is 0 Å². The fraction of sp³-hybridized carbons (Fsp3) is 0.444. The second-order valence-corrected chi connectivity index (χ2v) is 5.14. The molecule has 0 fully saturated rings. The maximum absolute atomic E-state index is 13.1. The normalized spacial score (nSPS) is 11.8. The molecule has 90 valence electrons. The van der Waals surface area contributed by atoms with Crippen LogP contribution < -0.4 is 5.30 Å². The van der Waals surface area contributed by atoms with Crippen molar-refractivity contribution in [2.45, 2.75) is 13.8 Å². The first-order chi connectivity index (χ1) is 7.55. The Kier molecular flexibility index (Phi) is 4.87. The molecule has 0 bridgehead atoms. The highest BCUT2D eigenvalue weighted by Crippen LogP contribution is 2.48. The van der Waals surface area contributed by atoms with Crippen molar-refractivity contribution in [3.63, 3.8) is 0 Å². The first kappa shape index (κ1) is 13.6. The molecule has 0 aliphatic rings. The molecule has 1 heterocycles. The molecule has 1 rings (SSSR count). The number of nitrogens with zero attached hydrogens (tertiary/aromatic N) is 1. The van der Waals surface area contributed by atoms with Crippen LogP contribution in [0.1, 0.15) is 13.8 Å². The van der Waals surface area contributed by atoms with E-state index in [1.807, 2.05) is 0 Å². The summed E-state index contributed by atoms with van der Waals surface area (Å²) < 4.78 is 35.5. The quantitative estimate of drug-likeness (QED) is 0.608. The van der Waals surface area contributed by atoms with Crippen LogP contribution in [0.15, 0.2) is 12.3 Å². The number of hydrogen-bond donors (Lipinski definition) is 0. The fourth-order valence-electron chi connectivity index (χ4n) is 1.14. The lowest BCUT2D eigenvalue weighted by molar-refractivity contribution is 0.230. The van der Waals surface area contributed by atoms with Crippen LogP contribution in [0.5, 0.6) is 0 Å². The van der Waals surface area contributed by atoms with E-state index in [0.717, 1.165) is 0 Å². The van der Waals surface area contributed by atoms with Crippen LogP contribution in [0, 0.1) is 5.95 Å². The third-order valence-corrected chi connectivity index (χ3v) is 4.37. The van der Waals surface area contributed by atoms with Crippen LogP contribution >= 0.6 is 19.2 Å². The molecule has 0 amide bonds. The van der Waals surface area contributed by atoms with Crippen LogP contribution in [-0.4, -0.2) is 18.2 Å². The minimum absolute atomic E-state index is 0.00497. The predicted molar refractivity (Wildman–Crippen MR) is 59.7 cm³/mol. The van der Waals surface area contributed by atoms with Crippen molar-refractivity contribution in [3.8, 4) is 0 Å². The number of aromatic nitrogens is 1. The van der Waals surface area contributed by atoms with Gasteiger partial charge in [0.25, 0.3) is 0 Å². The van der Waals surface area contributed by atoms with E-state index in [1.54, 1.807) is 13.8 Å². The van der Waals surface area contributed by atoms with Gasteiger partial charge in [0, 0.05) is 6.20 Å². The maximum Gasteiger partial charge on any atom is 0.363 e. The molecule has 1 aromatic heterocycles. The van der Waals surface area contributed by atoms with Gasteiger partial charge in [-0.3, -0.25) is 4.57 Å². The Morgan fingerprint density at radius 1 is 1.44 bits per heavy atom. The molecule has 0 saturated heterocycles. The van der Waals surface area contributed by atoms with Crippen LogP contribution in [0.2, 0.25) is 5.02 Å². The molecule has 0 N–H and O–H groups in total. The highest BCUT2D eigenvalue weighted by atomic mass is 35.5. The molecule has 16 heavy (non-hydrogen) atoms. The number of pyridine rings is 1. The summed E-state index contributed by atoms with van der Waals surface area (Å²) in [4.78, 5) is 3.34. The number of rotatable bonds is 5. The predicted octanol–water partition coefficient (Wildman–Crippen LogP) is 2.77. The molecule has 0 aliphatic heterocycles. The molecular formula is C9H12ClFNO3P. The van der Waals surface area contributed by atoms with Gasteiger partial charge in [0.2, 0.25) is 5.95 Å². The topological polar surface area (TPSA) is 48.4 Å². The van der Waals surface area contributed by atoms with Crippen molar-refractivity contribution < 1.29 is 18.0 Å². The van der Waals surface area contributed by atoms with Gasteiger partial charge in [0.1, 0.15) is 5.02 Å². The summed E-state index contributed by atoms with van der Waals surface area (Å²) in [6.45, 7) is 3.68. The Morgan fingerprint density at radius 3 is 2.50 bits per heavy atom. The zero-order chi connectivity index (χ0) is 12.2. The van der Waals surface area contributed by atoms with E-state index in [1.165, 1.54) is 12.3 Å². The van der Waals surface area contributed by atoms with Crippen LogP contribution in [0.4, 0.5) is 4.39 Å². The van der Waals surface area contributed by atoms with E-state index in [-0.39, 0.29) is 23.5 Å². The smallest absolute Gasteiger partial charge is 0.305 e. The fourth-order valence-corrected chi connectivity index (χ4v) is 3.17. The lowest BCUT2D eigenvalue weighted by Crippen LogP contribution is -2.13. The standard InChI is InChI=1S/C9H12ClFNO3P/c1-3-14-16(13,15-4-2)7-5-6-12-9(11)8(7)10/h5-6H,3-4H2,1-2H3. The second kappa shape index (κ2) is 5.73. The highest BCUT2D eigenvalue weighted by molar-refractivity contribution is 7.62. The molecule has 0 atom stereocenters. The van der Waals surface area contributed by atoms with Gasteiger partial charge in [-0.2, -0.15) is 4.39 Å². The molecule has 0 spiro atoms. The van der Waals surface area contributed by atoms with E-state index in [4.69, 9.17) is 20.6 Å². The average molecular weight is 268 g/mol. The zero-order valence-electron chi connectivity index (χ0n) is 8.94. The van der Waals surface area contributed by atoms with E-state index < -0.39 is 13.5 Å². The molecule has 1 aromatic rings. The molecule has 7 heteroatoms. The third-order valence-electron chi connectivity index (χ3n) is 1.72. The molecule has 0 radical (unpaired) electrons. The lowest BCUT2D eigenvalue weighted by atomic mass is 10.5. The SMILES string of the molecule is CCOP(=O)(OCC)c1ccnc(F)c1Cl. The Bertz CT molecular complexity index is 406. The van der Waals surface area contributed by atoms with Crippen molar-refractivity contribution in [2.75, 3.05) is 13.2 Å².